The minimum atomic E-state index is -0.407. The monoisotopic (exact) mass is 373 g/mol. The average Bonchev–Trinajstić information content (AvgIpc) is 3.38. The molecule has 0 N–H and O–H groups in total. The smallest absolute Gasteiger partial charge is 0.312 e. The SMILES string of the molecule is O=C(CCc1ccsc1)N1CCC2(CC1)CC(Cn1ccnc1)OC2=O. The number of ether oxygens (including phenoxy) is 1. The number of amides is 1. The number of nitrogens with zero attached hydrogens (tertiary/aromatic N) is 3. The normalized spacial score (nSPS) is 21.9. The van der Waals surface area contributed by atoms with E-state index in [1.165, 1.54) is 5.56 Å². The van der Waals surface area contributed by atoms with E-state index in [2.05, 4.69) is 16.4 Å². The van der Waals surface area contributed by atoms with E-state index in [4.69, 9.17) is 4.74 Å². The highest BCUT2D eigenvalue weighted by molar-refractivity contribution is 7.07. The molecule has 2 aromatic heterocycles. The van der Waals surface area contributed by atoms with Crippen molar-refractivity contribution in [3.8, 4) is 0 Å². The number of imidazole rings is 1. The van der Waals surface area contributed by atoms with Gasteiger partial charge in [0.1, 0.15) is 6.10 Å². The second-order valence-electron chi connectivity index (χ2n) is 7.28. The van der Waals surface area contributed by atoms with Crippen LogP contribution in [0.15, 0.2) is 35.5 Å². The first-order valence-corrected chi connectivity index (χ1v) is 10.0. The third kappa shape index (κ3) is 3.53. The average molecular weight is 373 g/mol. The summed E-state index contributed by atoms with van der Waals surface area (Å²) in [7, 11) is 0. The van der Waals surface area contributed by atoms with E-state index >= 15 is 0 Å². The Kier molecular flexibility index (Phi) is 4.80. The molecule has 4 rings (SSSR count). The molecule has 2 fully saturated rings. The fraction of sp³-hybridized carbons (Fsp3) is 0.526. The zero-order valence-electron chi connectivity index (χ0n) is 14.7. The summed E-state index contributed by atoms with van der Waals surface area (Å²) < 4.78 is 7.57. The molecule has 0 saturated carbocycles. The first kappa shape index (κ1) is 17.3. The number of carbonyl (C=O) groups excluding carboxylic acids is 2. The Hall–Kier alpha value is -2.15. The Balaban J connectivity index is 1.29. The molecule has 2 saturated heterocycles. The van der Waals surface area contributed by atoms with Crippen molar-refractivity contribution in [2.45, 2.75) is 44.8 Å². The summed E-state index contributed by atoms with van der Waals surface area (Å²) in [6.07, 6.45) is 8.73. The first-order valence-electron chi connectivity index (χ1n) is 9.10. The lowest BCUT2D eigenvalue weighted by Crippen LogP contribution is -2.45. The Morgan fingerprint density at radius 3 is 2.92 bits per heavy atom. The number of thiophene rings is 1. The second kappa shape index (κ2) is 7.23. The van der Waals surface area contributed by atoms with E-state index in [-0.39, 0.29) is 18.0 Å². The maximum atomic E-state index is 12.5. The van der Waals surface area contributed by atoms with Crippen molar-refractivity contribution >= 4 is 23.2 Å². The highest BCUT2D eigenvalue weighted by Gasteiger charge is 2.50. The minimum absolute atomic E-state index is 0.0898. The Morgan fingerprint density at radius 2 is 2.23 bits per heavy atom. The number of aryl methyl sites for hydroxylation is 1. The highest BCUT2D eigenvalue weighted by Crippen LogP contribution is 2.43. The van der Waals surface area contributed by atoms with Crippen molar-refractivity contribution in [1.82, 2.24) is 14.5 Å². The van der Waals surface area contributed by atoms with Gasteiger partial charge < -0.3 is 14.2 Å². The fourth-order valence-electron chi connectivity index (χ4n) is 4.01. The maximum Gasteiger partial charge on any atom is 0.312 e. The quantitative estimate of drug-likeness (QED) is 0.756. The number of likely N-dealkylation sites (tertiary alicyclic amines) is 1. The molecular weight excluding hydrogens is 350 g/mol. The van der Waals surface area contributed by atoms with Gasteiger partial charge >= 0.3 is 5.97 Å². The van der Waals surface area contributed by atoms with Gasteiger partial charge in [0, 0.05) is 38.3 Å². The number of hydrogen-bond acceptors (Lipinski definition) is 5. The van der Waals surface area contributed by atoms with Crippen LogP contribution in [-0.4, -0.2) is 45.5 Å². The zero-order chi connectivity index (χ0) is 18.0. The molecule has 0 radical (unpaired) electrons. The first-order chi connectivity index (χ1) is 12.6. The van der Waals surface area contributed by atoms with Gasteiger partial charge in [0.25, 0.3) is 0 Å². The van der Waals surface area contributed by atoms with Crippen LogP contribution >= 0.6 is 11.3 Å². The van der Waals surface area contributed by atoms with Gasteiger partial charge in [0.05, 0.1) is 18.3 Å². The van der Waals surface area contributed by atoms with E-state index in [0.29, 0.717) is 38.9 Å². The van der Waals surface area contributed by atoms with Crippen molar-refractivity contribution in [2.24, 2.45) is 5.41 Å². The molecule has 26 heavy (non-hydrogen) atoms. The number of aromatic nitrogens is 2. The van der Waals surface area contributed by atoms with Crippen molar-refractivity contribution < 1.29 is 14.3 Å². The summed E-state index contributed by atoms with van der Waals surface area (Å²) in [5.74, 6) is 0.0976. The van der Waals surface area contributed by atoms with Crippen molar-refractivity contribution in [3.63, 3.8) is 0 Å². The lowest BCUT2D eigenvalue weighted by Gasteiger charge is -2.36. The molecule has 2 aliphatic heterocycles. The minimum Gasteiger partial charge on any atom is -0.460 e. The summed E-state index contributed by atoms with van der Waals surface area (Å²) in [4.78, 5) is 30.9. The largest absolute Gasteiger partial charge is 0.460 e. The van der Waals surface area contributed by atoms with Crippen LogP contribution in [0.25, 0.3) is 0 Å². The molecule has 2 aliphatic rings. The summed E-state index contributed by atoms with van der Waals surface area (Å²) >= 11 is 1.66. The van der Waals surface area contributed by atoms with Crippen LogP contribution in [0.2, 0.25) is 0 Å². The second-order valence-corrected chi connectivity index (χ2v) is 8.06. The Morgan fingerprint density at radius 1 is 1.38 bits per heavy atom. The molecule has 0 aromatic carbocycles. The molecule has 138 valence electrons. The van der Waals surface area contributed by atoms with Crippen LogP contribution in [-0.2, 0) is 27.3 Å². The summed E-state index contributed by atoms with van der Waals surface area (Å²) in [5, 5.41) is 4.13. The van der Waals surface area contributed by atoms with Gasteiger partial charge in [0.15, 0.2) is 0 Å². The number of hydrogen-bond donors (Lipinski definition) is 0. The number of cyclic esters (lactones) is 1. The molecule has 4 heterocycles. The lowest BCUT2D eigenvalue weighted by atomic mass is 9.76. The van der Waals surface area contributed by atoms with Gasteiger partial charge in [0.2, 0.25) is 5.91 Å². The van der Waals surface area contributed by atoms with E-state index < -0.39 is 5.41 Å². The summed E-state index contributed by atoms with van der Waals surface area (Å²) in [5.41, 5.74) is 0.814. The molecule has 7 heteroatoms. The molecule has 2 aromatic rings. The van der Waals surface area contributed by atoms with Crippen molar-refractivity contribution in [1.29, 1.82) is 0 Å². The third-order valence-corrected chi connectivity index (χ3v) is 6.31. The van der Waals surface area contributed by atoms with Crippen molar-refractivity contribution in [2.75, 3.05) is 13.1 Å². The predicted molar refractivity (Wildman–Crippen MR) is 97.6 cm³/mol. The van der Waals surface area contributed by atoms with Gasteiger partial charge in [-0.05, 0) is 41.7 Å². The number of piperidine rings is 1. The lowest BCUT2D eigenvalue weighted by molar-refractivity contribution is -0.152. The van der Waals surface area contributed by atoms with Crippen LogP contribution in [0, 0.1) is 5.41 Å². The Labute approximate surface area is 156 Å². The van der Waals surface area contributed by atoms with E-state index in [9.17, 15) is 9.59 Å². The molecule has 1 unspecified atom stereocenters. The fourth-order valence-corrected chi connectivity index (χ4v) is 4.71. The number of esters is 1. The molecule has 0 aliphatic carbocycles. The highest BCUT2D eigenvalue weighted by atomic mass is 32.1. The molecule has 1 spiro atoms. The van der Waals surface area contributed by atoms with Crippen LogP contribution in [0.5, 0.6) is 0 Å². The topological polar surface area (TPSA) is 64.4 Å². The standard InChI is InChI=1S/C19H23N3O3S/c23-17(2-1-15-3-10-26-13-15)22-7-4-19(5-8-22)11-16(25-18(19)24)12-21-9-6-20-14-21/h3,6,9-10,13-14,16H,1-2,4-5,7-8,11-12H2. The van der Waals surface area contributed by atoms with Crippen LogP contribution in [0.4, 0.5) is 0 Å². The van der Waals surface area contributed by atoms with E-state index in [1.54, 1.807) is 23.9 Å². The van der Waals surface area contributed by atoms with Gasteiger partial charge in [-0.2, -0.15) is 11.3 Å². The van der Waals surface area contributed by atoms with Gasteiger partial charge in [-0.3, -0.25) is 9.59 Å². The molecule has 6 nitrogen and oxygen atoms in total. The van der Waals surface area contributed by atoms with Crippen LogP contribution in [0.3, 0.4) is 0 Å². The van der Waals surface area contributed by atoms with Crippen LogP contribution in [0.1, 0.15) is 31.2 Å². The predicted octanol–water partition coefficient (Wildman–Crippen LogP) is 2.50. The molecule has 1 atom stereocenters. The van der Waals surface area contributed by atoms with Gasteiger partial charge in [-0.15, -0.1) is 0 Å². The Bertz CT molecular complexity index is 749. The zero-order valence-corrected chi connectivity index (χ0v) is 15.5. The van der Waals surface area contributed by atoms with Gasteiger partial charge in [-0.1, -0.05) is 0 Å². The van der Waals surface area contributed by atoms with Gasteiger partial charge in [-0.25, -0.2) is 4.98 Å². The summed E-state index contributed by atoms with van der Waals surface area (Å²) in [6.45, 7) is 1.95. The number of rotatable bonds is 5. The molecular formula is C19H23N3O3S. The maximum absolute atomic E-state index is 12.5. The molecule has 1 amide bonds. The van der Waals surface area contributed by atoms with E-state index in [0.717, 1.165) is 12.8 Å². The van der Waals surface area contributed by atoms with Crippen molar-refractivity contribution in [3.05, 3.63) is 41.1 Å². The van der Waals surface area contributed by atoms with Crippen LogP contribution < -0.4 is 0 Å². The van der Waals surface area contributed by atoms with E-state index in [1.807, 2.05) is 21.0 Å². The molecule has 0 bridgehead atoms. The third-order valence-electron chi connectivity index (χ3n) is 5.58. The number of carbonyl (C=O) groups is 2. The summed E-state index contributed by atoms with van der Waals surface area (Å²) in [6, 6.07) is 2.07.